The highest BCUT2D eigenvalue weighted by Gasteiger charge is 2.14. The fraction of sp³-hybridized carbons (Fsp3) is 0.438. The van der Waals surface area contributed by atoms with Crippen molar-refractivity contribution >= 4 is 5.91 Å². The van der Waals surface area contributed by atoms with Crippen molar-refractivity contribution in [2.24, 2.45) is 5.73 Å². The second kappa shape index (κ2) is 7.77. The van der Waals surface area contributed by atoms with Gasteiger partial charge in [0.05, 0.1) is 12.1 Å². The first-order valence-corrected chi connectivity index (χ1v) is 7.20. The SMILES string of the molecule is NCC#Cc1ccc(F)cc1C(=O)NCCN1CCCC1. The van der Waals surface area contributed by atoms with Crippen LogP contribution in [0.3, 0.4) is 0 Å². The molecule has 0 spiro atoms. The predicted octanol–water partition coefficient (Wildman–Crippen LogP) is 0.961. The largest absolute Gasteiger partial charge is 0.351 e. The third-order valence-corrected chi connectivity index (χ3v) is 3.46. The van der Waals surface area contributed by atoms with Gasteiger partial charge in [0.1, 0.15) is 5.82 Å². The average molecular weight is 289 g/mol. The standard InChI is InChI=1S/C16H20FN3O/c17-14-6-5-13(4-3-7-18)15(12-14)16(21)19-8-11-20-9-1-2-10-20/h5-6,12H,1-2,7-11,18H2,(H,19,21). The van der Waals surface area contributed by atoms with Crippen LogP contribution in [0.1, 0.15) is 28.8 Å². The number of likely N-dealkylation sites (tertiary alicyclic amines) is 1. The van der Waals surface area contributed by atoms with E-state index in [1.165, 1.54) is 31.0 Å². The van der Waals surface area contributed by atoms with Crippen molar-refractivity contribution in [3.63, 3.8) is 0 Å². The summed E-state index contributed by atoms with van der Waals surface area (Å²) in [6.45, 7) is 3.75. The van der Waals surface area contributed by atoms with Crippen LogP contribution in [0, 0.1) is 17.7 Å². The van der Waals surface area contributed by atoms with Gasteiger partial charge in [0.25, 0.3) is 5.91 Å². The summed E-state index contributed by atoms with van der Waals surface area (Å²) in [5, 5.41) is 2.82. The maximum Gasteiger partial charge on any atom is 0.252 e. The lowest BCUT2D eigenvalue weighted by Crippen LogP contribution is -2.33. The van der Waals surface area contributed by atoms with Gasteiger partial charge in [-0.25, -0.2) is 4.39 Å². The molecule has 2 rings (SSSR count). The third kappa shape index (κ3) is 4.55. The minimum atomic E-state index is -0.446. The van der Waals surface area contributed by atoms with E-state index in [2.05, 4.69) is 22.1 Å². The van der Waals surface area contributed by atoms with Gasteiger partial charge >= 0.3 is 0 Å². The fourth-order valence-corrected chi connectivity index (χ4v) is 2.39. The second-order valence-corrected chi connectivity index (χ2v) is 5.00. The Morgan fingerprint density at radius 3 is 2.86 bits per heavy atom. The highest BCUT2D eigenvalue weighted by atomic mass is 19.1. The van der Waals surface area contributed by atoms with Crippen molar-refractivity contribution in [1.29, 1.82) is 0 Å². The number of carbonyl (C=O) groups is 1. The molecule has 1 fully saturated rings. The molecule has 1 aliphatic rings. The first-order chi connectivity index (χ1) is 10.2. The summed E-state index contributed by atoms with van der Waals surface area (Å²) < 4.78 is 13.3. The number of nitrogens with zero attached hydrogens (tertiary/aromatic N) is 1. The zero-order valence-electron chi connectivity index (χ0n) is 12.0. The molecule has 3 N–H and O–H groups in total. The molecule has 0 atom stereocenters. The Balaban J connectivity index is 1.98. The number of hydrogen-bond donors (Lipinski definition) is 2. The van der Waals surface area contributed by atoms with Crippen molar-refractivity contribution in [3.8, 4) is 11.8 Å². The Labute approximate surface area is 124 Å². The average Bonchev–Trinajstić information content (AvgIpc) is 2.99. The molecular weight excluding hydrogens is 269 g/mol. The molecule has 112 valence electrons. The summed E-state index contributed by atoms with van der Waals surface area (Å²) in [5.74, 6) is 4.74. The van der Waals surface area contributed by atoms with Crippen LogP contribution in [-0.4, -0.2) is 43.5 Å². The first kappa shape index (κ1) is 15.5. The number of benzene rings is 1. The molecule has 21 heavy (non-hydrogen) atoms. The van der Waals surface area contributed by atoms with Crippen LogP contribution in [-0.2, 0) is 0 Å². The minimum absolute atomic E-state index is 0.202. The van der Waals surface area contributed by atoms with E-state index >= 15 is 0 Å². The Bertz CT molecular complexity index is 556. The molecule has 1 heterocycles. The molecule has 0 aliphatic carbocycles. The van der Waals surface area contributed by atoms with Crippen LogP contribution >= 0.6 is 0 Å². The summed E-state index contributed by atoms with van der Waals surface area (Å²) >= 11 is 0. The molecule has 0 saturated carbocycles. The van der Waals surface area contributed by atoms with Gasteiger partial charge in [0, 0.05) is 18.7 Å². The molecule has 1 aliphatic heterocycles. The van der Waals surface area contributed by atoms with Crippen molar-refractivity contribution < 1.29 is 9.18 Å². The van der Waals surface area contributed by atoms with Crippen LogP contribution in [0.25, 0.3) is 0 Å². The molecule has 1 saturated heterocycles. The monoisotopic (exact) mass is 289 g/mol. The van der Waals surface area contributed by atoms with Crippen LogP contribution in [0.15, 0.2) is 18.2 Å². The van der Waals surface area contributed by atoms with Gasteiger partial charge in [-0.15, -0.1) is 0 Å². The van der Waals surface area contributed by atoms with E-state index in [4.69, 9.17) is 5.73 Å². The summed E-state index contributed by atoms with van der Waals surface area (Å²) in [5.41, 5.74) is 6.09. The smallest absolute Gasteiger partial charge is 0.252 e. The zero-order chi connectivity index (χ0) is 15.1. The maximum atomic E-state index is 13.3. The van der Waals surface area contributed by atoms with Crippen molar-refractivity contribution in [2.75, 3.05) is 32.7 Å². The molecule has 1 amide bonds. The highest BCUT2D eigenvalue weighted by molar-refractivity contribution is 5.96. The van der Waals surface area contributed by atoms with Crippen LogP contribution in [0.4, 0.5) is 4.39 Å². The van der Waals surface area contributed by atoms with Gasteiger partial charge in [-0.05, 0) is 44.1 Å². The Hall–Kier alpha value is -1.90. The first-order valence-electron chi connectivity index (χ1n) is 7.20. The van der Waals surface area contributed by atoms with E-state index < -0.39 is 5.82 Å². The fourth-order valence-electron chi connectivity index (χ4n) is 2.39. The third-order valence-electron chi connectivity index (χ3n) is 3.46. The molecule has 1 aromatic carbocycles. The highest BCUT2D eigenvalue weighted by Crippen LogP contribution is 2.11. The van der Waals surface area contributed by atoms with E-state index in [0.29, 0.717) is 12.1 Å². The van der Waals surface area contributed by atoms with Crippen LogP contribution < -0.4 is 11.1 Å². The minimum Gasteiger partial charge on any atom is -0.351 e. The van der Waals surface area contributed by atoms with Crippen LogP contribution in [0.2, 0.25) is 0 Å². The number of hydrogen-bond acceptors (Lipinski definition) is 3. The summed E-state index contributed by atoms with van der Waals surface area (Å²) in [7, 11) is 0. The molecule has 0 radical (unpaired) electrons. The second-order valence-electron chi connectivity index (χ2n) is 5.00. The number of halogens is 1. The van der Waals surface area contributed by atoms with E-state index in [-0.39, 0.29) is 18.0 Å². The summed E-state index contributed by atoms with van der Waals surface area (Å²) in [4.78, 5) is 14.5. The van der Waals surface area contributed by atoms with Gasteiger partial charge in [-0.3, -0.25) is 4.79 Å². The summed E-state index contributed by atoms with van der Waals surface area (Å²) in [6, 6.07) is 4.01. The van der Waals surface area contributed by atoms with Crippen molar-refractivity contribution in [1.82, 2.24) is 10.2 Å². The van der Waals surface area contributed by atoms with Crippen LogP contribution in [0.5, 0.6) is 0 Å². The van der Waals surface area contributed by atoms with Gasteiger partial charge in [0.15, 0.2) is 0 Å². The van der Waals surface area contributed by atoms with Crippen molar-refractivity contribution in [3.05, 3.63) is 35.1 Å². The van der Waals surface area contributed by atoms with Gasteiger partial charge in [0.2, 0.25) is 0 Å². The Morgan fingerprint density at radius 1 is 1.38 bits per heavy atom. The molecule has 1 aromatic rings. The topological polar surface area (TPSA) is 58.4 Å². The number of nitrogens with one attached hydrogen (secondary N) is 1. The van der Waals surface area contributed by atoms with Crippen molar-refractivity contribution in [2.45, 2.75) is 12.8 Å². The maximum absolute atomic E-state index is 13.3. The van der Waals surface area contributed by atoms with E-state index in [1.54, 1.807) is 0 Å². The van der Waals surface area contributed by atoms with E-state index in [9.17, 15) is 9.18 Å². The summed E-state index contributed by atoms with van der Waals surface area (Å²) in [6.07, 6.45) is 2.44. The lowest BCUT2D eigenvalue weighted by Gasteiger charge is -2.15. The number of amides is 1. The molecule has 0 unspecified atom stereocenters. The predicted molar refractivity (Wildman–Crippen MR) is 80.3 cm³/mol. The zero-order valence-corrected chi connectivity index (χ0v) is 12.0. The molecule has 4 nitrogen and oxygen atoms in total. The molecule has 5 heteroatoms. The van der Waals surface area contributed by atoms with Gasteiger partial charge < -0.3 is 16.0 Å². The number of rotatable bonds is 4. The molecule has 0 aromatic heterocycles. The number of carbonyl (C=O) groups excluding carboxylic acids is 1. The lowest BCUT2D eigenvalue weighted by molar-refractivity contribution is 0.0949. The Morgan fingerprint density at radius 2 is 2.14 bits per heavy atom. The van der Waals surface area contributed by atoms with Gasteiger partial charge in [-0.1, -0.05) is 11.8 Å². The van der Waals surface area contributed by atoms with Gasteiger partial charge in [-0.2, -0.15) is 0 Å². The number of nitrogens with two attached hydrogens (primary N) is 1. The normalized spacial score (nSPS) is 14.6. The lowest BCUT2D eigenvalue weighted by atomic mass is 10.1. The quantitative estimate of drug-likeness (QED) is 0.812. The van der Waals surface area contributed by atoms with E-state index in [1.807, 2.05) is 0 Å². The Kier molecular flexibility index (Phi) is 5.73. The van der Waals surface area contributed by atoms with E-state index in [0.717, 1.165) is 19.6 Å². The molecular formula is C16H20FN3O. The molecule has 0 bridgehead atoms.